The SMILES string of the molecule is C[C@]1(/C=C/C[N+](=O)[O-])[C@H](C(=O)O)N2C(=O)[C@@H](CO)[C@H]2S1(=O)=O. The Morgan fingerprint density at radius 3 is 2.59 bits per heavy atom. The average Bonchev–Trinajstić information content (AvgIpc) is 2.54. The van der Waals surface area contributed by atoms with Crippen LogP contribution in [0.4, 0.5) is 0 Å². The van der Waals surface area contributed by atoms with Gasteiger partial charge >= 0.3 is 5.97 Å². The Morgan fingerprint density at radius 2 is 2.14 bits per heavy atom. The molecule has 11 heteroatoms. The van der Waals surface area contributed by atoms with Gasteiger partial charge in [0.1, 0.15) is 10.1 Å². The maximum absolute atomic E-state index is 12.6. The topological polar surface area (TPSA) is 155 Å². The molecule has 122 valence electrons. The van der Waals surface area contributed by atoms with Crippen LogP contribution in [0.3, 0.4) is 0 Å². The lowest BCUT2D eigenvalue weighted by molar-refractivity contribution is -0.468. The Hall–Kier alpha value is -2.01. The van der Waals surface area contributed by atoms with E-state index in [2.05, 4.69) is 0 Å². The number of rotatable bonds is 5. The number of aliphatic hydroxyl groups excluding tert-OH is 1. The predicted octanol–water partition coefficient (Wildman–Crippen LogP) is -1.76. The lowest BCUT2D eigenvalue weighted by atomic mass is 9.91. The molecule has 0 spiro atoms. The zero-order chi connectivity index (χ0) is 16.9. The summed E-state index contributed by atoms with van der Waals surface area (Å²) in [7, 11) is -4.16. The fraction of sp³-hybridized carbons (Fsp3) is 0.636. The number of carboxylic acid groups (broad SMARTS) is 1. The lowest BCUT2D eigenvalue weighted by Crippen LogP contribution is -2.64. The minimum absolute atomic E-state index is 0.667. The number of fused-ring (bicyclic) bond motifs is 1. The molecule has 2 aliphatic heterocycles. The molecule has 2 heterocycles. The van der Waals surface area contributed by atoms with E-state index >= 15 is 0 Å². The number of hydrogen-bond donors (Lipinski definition) is 2. The van der Waals surface area contributed by atoms with Crippen LogP contribution < -0.4 is 0 Å². The number of sulfone groups is 1. The second-order valence-electron chi connectivity index (χ2n) is 5.31. The summed E-state index contributed by atoms with van der Waals surface area (Å²) in [6, 6.07) is -1.68. The minimum Gasteiger partial charge on any atom is -0.480 e. The van der Waals surface area contributed by atoms with E-state index < -0.39 is 61.9 Å². The Labute approximate surface area is 125 Å². The van der Waals surface area contributed by atoms with E-state index in [1.54, 1.807) is 0 Å². The zero-order valence-corrected chi connectivity index (χ0v) is 12.3. The molecule has 0 bridgehead atoms. The van der Waals surface area contributed by atoms with Gasteiger partial charge in [-0.2, -0.15) is 0 Å². The molecule has 2 aliphatic rings. The first-order chi connectivity index (χ1) is 10.1. The summed E-state index contributed by atoms with van der Waals surface area (Å²) >= 11 is 0. The van der Waals surface area contributed by atoms with Gasteiger partial charge in [0.2, 0.25) is 12.5 Å². The number of carbonyl (C=O) groups is 2. The third-order valence-corrected chi connectivity index (χ3v) is 6.85. The van der Waals surface area contributed by atoms with E-state index in [9.17, 15) is 33.2 Å². The maximum atomic E-state index is 12.6. The number of hydrogen-bond acceptors (Lipinski definition) is 7. The predicted molar refractivity (Wildman–Crippen MR) is 71.0 cm³/mol. The lowest BCUT2D eigenvalue weighted by Gasteiger charge is -2.41. The fourth-order valence-electron chi connectivity index (χ4n) is 2.97. The molecule has 1 amide bonds. The van der Waals surface area contributed by atoms with Gasteiger partial charge in [0.25, 0.3) is 0 Å². The smallest absolute Gasteiger partial charge is 0.328 e. The molecule has 0 unspecified atom stereocenters. The van der Waals surface area contributed by atoms with Crippen LogP contribution in [0.5, 0.6) is 0 Å². The molecule has 0 aromatic carbocycles. The number of aliphatic hydroxyl groups is 1. The Kier molecular flexibility index (Phi) is 3.73. The number of amides is 1. The third-order valence-electron chi connectivity index (χ3n) is 4.08. The van der Waals surface area contributed by atoms with Crippen molar-refractivity contribution in [2.24, 2.45) is 5.92 Å². The average molecular weight is 334 g/mol. The van der Waals surface area contributed by atoms with Crippen molar-refractivity contribution in [2.75, 3.05) is 13.2 Å². The normalized spacial score (nSPS) is 36.2. The molecule has 0 aromatic rings. The number of aliphatic carboxylic acids is 1. The molecule has 0 aliphatic carbocycles. The molecule has 0 saturated carbocycles. The molecule has 2 saturated heterocycles. The zero-order valence-electron chi connectivity index (χ0n) is 11.4. The van der Waals surface area contributed by atoms with Crippen molar-refractivity contribution in [1.82, 2.24) is 4.90 Å². The van der Waals surface area contributed by atoms with Crippen LogP contribution in [0.1, 0.15) is 6.92 Å². The second-order valence-corrected chi connectivity index (χ2v) is 7.77. The van der Waals surface area contributed by atoms with Gasteiger partial charge in [0.15, 0.2) is 15.9 Å². The van der Waals surface area contributed by atoms with Crippen LogP contribution >= 0.6 is 0 Å². The molecule has 2 rings (SSSR count). The first-order valence-corrected chi connectivity index (χ1v) is 7.83. The van der Waals surface area contributed by atoms with Gasteiger partial charge in [-0.25, -0.2) is 13.2 Å². The highest BCUT2D eigenvalue weighted by Crippen LogP contribution is 2.49. The van der Waals surface area contributed by atoms with Gasteiger partial charge in [0.05, 0.1) is 12.5 Å². The Balaban J connectivity index is 2.51. The van der Waals surface area contributed by atoms with Gasteiger partial charge in [-0.05, 0) is 13.0 Å². The van der Waals surface area contributed by atoms with Crippen molar-refractivity contribution >= 4 is 21.7 Å². The van der Waals surface area contributed by atoms with Gasteiger partial charge in [0, 0.05) is 4.92 Å². The van der Waals surface area contributed by atoms with Crippen LogP contribution in [0.25, 0.3) is 0 Å². The summed E-state index contributed by atoms with van der Waals surface area (Å²) in [6.07, 6.45) is 1.90. The highest BCUT2D eigenvalue weighted by molar-refractivity contribution is 7.94. The number of carboxylic acids is 1. The van der Waals surface area contributed by atoms with Crippen molar-refractivity contribution in [1.29, 1.82) is 0 Å². The molecule has 4 atom stereocenters. The van der Waals surface area contributed by atoms with E-state index in [0.29, 0.717) is 0 Å². The van der Waals surface area contributed by atoms with Crippen LogP contribution in [0.15, 0.2) is 12.2 Å². The molecular weight excluding hydrogens is 320 g/mol. The Morgan fingerprint density at radius 1 is 1.55 bits per heavy atom. The van der Waals surface area contributed by atoms with Crippen LogP contribution in [-0.4, -0.2) is 69.6 Å². The summed E-state index contributed by atoms with van der Waals surface area (Å²) in [5, 5.41) is 27.3. The van der Waals surface area contributed by atoms with Gasteiger partial charge in [-0.1, -0.05) is 6.08 Å². The monoisotopic (exact) mass is 334 g/mol. The largest absolute Gasteiger partial charge is 0.480 e. The van der Waals surface area contributed by atoms with Crippen molar-refractivity contribution in [3.05, 3.63) is 22.3 Å². The molecule has 22 heavy (non-hydrogen) atoms. The van der Waals surface area contributed by atoms with Gasteiger partial charge < -0.3 is 15.1 Å². The van der Waals surface area contributed by atoms with E-state index in [0.717, 1.165) is 24.0 Å². The summed E-state index contributed by atoms with van der Waals surface area (Å²) in [4.78, 5) is 33.6. The van der Waals surface area contributed by atoms with Crippen LogP contribution in [-0.2, 0) is 19.4 Å². The molecule has 2 fully saturated rings. The van der Waals surface area contributed by atoms with Crippen molar-refractivity contribution in [3.8, 4) is 0 Å². The van der Waals surface area contributed by atoms with E-state index in [1.165, 1.54) is 0 Å². The summed E-state index contributed by atoms with van der Waals surface area (Å²) in [6.45, 7) is -0.267. The quantitative estimate of drug-likeness (QED) is 0.259. The number of nitro groups is 1. The van der Waals surface area contributed by atoms with Crippen molar-refractivity contribution in [3.63, 3.8) is 0 Å². The molecule has 10 nitrogen and oxygen atoms in total. The summed E-state index contributed by atoms with van der Waals surface area (Å²) < 4.78 is 23.2. The van der Waals surface area contributed by atoms with Crippen LogP contribution in [0, 0.1) is 16.0 Å². The number of nitrogens with zero attached hydrogens (tertiary/aromatic N) is 2. The maximum Gasteiger partial charge on any atom is 0.328 e. The number of carbonyl (C=O) groups excluding carboxylic acids is 1. The highest BCUT2D eigenvalue weighted by atomic mass is 32.2. The number of β-lactam (4-membered cyclic amide) rings is 1. The highest BCUT2D eigenvalue weighted by Gasteiger charge is 2.72. The van der Waals surface area contributed by atoms with Gasteiger partial charge in [-0.3, -0.25) is 14.9 Å². The molecule has 2 N–H and O–H groups in total. The summed E-state index contributed by atoms with van der Waals surface area (Å²) in [5.74, 6) is -3.48. The van der Waals surface area contributed by atoms with E-state index in [-0.39, 0.29) is 0 Å². The fourth-order valence-corrected chi connectivity index (χ4v) is 5.47. The van der Waals surface area contributed by atoms with Crippen LogP contribution in [0.2, 0.25) is 0 Å². The Bertz CT molecular complexity index is 672. The first kappa shape index (κ1) is 16.4. The second kappa shape index (κ2) is 5.02. The van der Waals surface area contributed by atoms with E-state index in [1.807, 2.05) is 0 Å². The van der Waals surface area contributed by atoms with E-state index in [4.69, 9.17) is 5.11 Å². The van der Waals surface area contributed by atoms with Crippen molar-refractivity contribution < 1.29 is 33.1 Å². The molecule has 0 radical (unpaired) electrons. The third kappa shape index (κ3) is 1.92. The molecule has 0 aromatic heterocycles. The minimum atomic E-state index is -4.16. The van der Waals surface area contributed by atoms with Crippen molar-refractivity contribution in [2.45, 2.75) is 23.1 Å². The standard InChI is InChI=1S/C11H14N2O8S/c1-11(3-2-4-12(18)19)7(10(16)17)13-8(15)6(5-14)9(13)22(11,20)21/h2-3,6-7,9,14H,4-5H2,1H3,(H,16,17)/b3-2+/t6-,7+,9-,11+/m1/s1. The summed E-state index contributed by atoms with van der Waals surface area (Å²) in [5.41, 5.74) is 0. The first-order valence-electron chi connectivity index (χ1n) is 6.28. The van der Waals surface area contributed by atoms with Gasteiger partial charge in [-0.15, -0.1) is 0 Å². The molecular formula is C11H14N2O8S.